The highest BCUT2D eigenvalue weighted by Gasteiger charge is 2.28. The molecule has 1 aliphatic heterocycles. The number of nitrogens with zero attached hydrogens (tertiary/aromatic N) is 1. The molecule has 2 heteroatoms. The first-order chi connectivity index (χ1) is 9.20. The SMILES string of the molecule is CCN(CC1CCCNC1)C1CCC(C(C)C)CC1. The van der Waals surface area contributed by atoms with Crippen LogP contribution < -0.4 is 5.32 Å². The molecule has 0 radical (unpaired) electrons. The third-order valence-electron chi connectivity index (χ3n) is 5.50. The van der Waals surface area contributed by atoms with Gasteiger partial charge in [-0.3, -0.25) is 0 Å². The Morgan fingerprint density at radius 1 is 1.11 bits per heavy atom. The van der Waals surface area contributed by atoms with E-state index in [-0.39, 0.29) is 0 Å². The van der Waals surface area contributed by atoms with Crippen LogP contribution in [0.3, 0.4) is 0 Å². The van der Waals surface area contributed by atoms with Crippen molar-refractivity contribution in [3.05, 3.63) is 0 Å². The van der Waals surface area contributed by atoms with E-state index < -0.39 is 0 Å². The minimum Gasteiger partial charge on any atom is -0.316 e. The molecule has 1 saturated heterocycles. The summed E-state index contributed by atoms with van der Waals surface area (Å²) in [6, 6.07) is 0.877. The van der Waals surface area contributed by atoms with Crippen molar-refractivity contribution in [3.63, 3.8) is 0 Å². The molecular weight excluding hydrogens is 232 g/mol. The fourth-order valence-corrected chi connectivity index (χ4v) is 4.08. The Bertz CT molecular complexity index is 238. The molecule has 0 bridgehead atoms. The van der Waals surface area contributed by atoms with Crippen LogP contribution in [0, 0.1) is 17.8 Å². The predicted molar refractivity (Wildman–Crippen MR) is 83.4 cm³/mol. The Morgan fingerprint density at radius 3 is 2.37 bits per heavy atom. The number of hydrogen-bond donors (Lipinski definition) is 1. The molecule has 112 valence electrons. The van der Waals surface area contributed by atoms with E-state index in [1.165, 1.54) is 64.7 Å². The van der Waals surface area contributed by atoms with Crippen molar-refractivity contribution in [2.75, 3.05) is 26.2 Å². The van der Waals surface area contributed by atoms with Gasteiger partial charge in [-0.2, -0.15) is 0 Å². The lowest BCUT2D eigenvalue weighted by Crippen LogP contribution is -2.44. The maximum Gasteiger partial charge on any atom is 0.00954 e. The van der Waals surface area contributed by atoms with E-state index in [0.29, 0.717) is 0 Å². The maximum absolute atomic E-state index is 3.56. The summed E-state index contributed by atoms with van der Waals surface area (Å²) in [5, 5.41) is 3.56. The second-order valence-electron chi connectivity index (χ2n) is 7.11. The van der Waals surface area contributed by atoms with Crippen molar-refractivity contribution >= 4 is 0 Å². The molecule has 1 saturated carbocycles. The molecule has 1 atom stereocenters. The van der Waals surface area contributed by atoms with Crippen molar-refractivity contribution in [1.82, 2.24) is 10.2 Å². The highest BCUT2D eigenvalue weighted by molar-refractivity contribution is 4.82. The summed E-state index contributed by atoms with van der Waals surface area (Å²) < 4.78 is 0. The van der Waals surface area contributed by atoms with E-state index >= 15 is 0 Å². The van der Waals surface area contributed by atoms with Gasteiger partial charge in [0.1, 0.15) is 0 Å². The van der Waals surface area contributed by atoms with Gasteiger partial charge in [0, 0.05) is 12.6 Å². The van der Waals surface area contributed by atoms with Crippen LogP contribution in [-0.4, -0.2) is 37.1 Å². The minimum absolute atomic E-state index is 0.877. The van der Waals surface area contributed by atoms with Crippen LogP contribution >= 0.6 is 0 Å². The normalized spacial score (nSPS) is 33.0. The van der Waals surface area contributed by atoms with Gasteiger partial charge in [-0.15, -0.1) is 0 Å². The van der Waals surface area contributed by atoms with Crippen molar-refractivity contribution < 1.29 is 0 Å². The number of piperidine rings is 1. The molecular formula is C17H34N2. The largest absolute Gasteiger partial charge is 0.316 e. The van der Waals surface area contributed by atoms with E-state index in [2.05, 4.69) is 31.0 Å². The van der Waals surface area contributed by atoms with Crippen LogP contribution in [0.1, 0.15) is 59.3 Å². The number of hydrogen-bond acceptors (Lipinski definition) is 2. The van der Waals surface area contributed by atoms with Crippen LogP contribution in [0.25, 0.3) is 0 Å². The summed E-state index contributed by atoms with van der Waals surface area (Å²) in [6.45, 7) is 12.2. The number of rotatable bonds is 5. The average Bonchev–Trinajstić information content (AvgIpc) is 2.46. The highest BCUT2D eigenvalue weighted by Crippen LogP contribution is 2.32. The van der Waals surface area contributed by atoms with Gasteiger partial charge in [-0.05, 0) is 75.9 Å². The zero-order chi connectivity index (χ0) is 13.7. The molecule has 19 heavy (non-hydrogen) atoms. The standard InChI is InChI=1S/C17H34N2/c1-4-19(13-15-6-5-11-18-12-15)17-9-7-16(8-10-17)14(2)3/h14-18H,4-13H2,1-3H3. The van der Waals surface area contributed by atoms with Gasteiger partial charge in [-0.25, -0.2) is 0 Å². The second-order valence-corrected chi connectivity index (χ2v) is 7.11. The first-order valence-electron chi connectivity index (χ1n) is 8.65. The molecule has 0 amide bonds. The van der Waals surface area contributed by atoms with Crippen LogP contribution in [0.4, 0.5) is 0 Å². The van der Waals surface area contributed by atoms with Crippen molar-refractivity contribution in [3.8, 4) is 0 Å². The van der Waals surface area contributed by atoms with Crippen LogP contribution in [0.5, 0.6) is 0 Å². The molecule has 1 aliphatic carbocycles. The Balaban J connectivity index is 1.78. The van der Waals surface area contributed by atoms with E-state index in [1.54, 1.807) is 0 Å². The van der Waals surface area contributed by atoms with Crippen LogP contribution in [0.15, 0.2) is 0 Å². The zero-order valence-electron chi connectivity index (χ0n) is 13.3. The van der Waals surface area contributed by atoms with E-state index in [1.807, 2.05) is 0 Å². The summed E-state index contributed by atoms with van der Waals surface area (Å²) in [7, 11) is 0. The summed E-state index contributed by atoms with van der Waals surface area (Å²) in [4.78, 5) is 2.79. The summed E-state index contributed by atoms with van der Waals surface area (Å²) >= 11 is 0. The summed E-state index contributed by atoms with van der Waals surface area (Å²) in [5.41, 5.74) is 0. The topological polar surface area (TPSA) is 15.3 Å². The monoisotopic (exact) mass is 266 g/mol. The van der Waals surface area contributed by atoms with Gasteiger partial charge in [0.25, 0.3) is 0 Å². The van der Waals surface area contributed by atoms with E-state index in [9.17, 15) is 0 Å². The van der Waals surface area contributed by atoms with Crippen molar-refractivity contribution in [2.45, 2.75) is 65.3 Å². The number of nitrogens with one attached hydrogen (secondary N) is 1. The fraction of sp³-hybridized carbons (Fsp3) is 1.00. The molecule has 0 aromatic carbocycles. The first-order valence-corrected chi connectivity index (χ1v) is 8.65. The van der Waals surface area contributed by atoms with Crippen LogP contribution in [0.2, 0.25) is 0 Å². The smallest absolute Gasteiger partial charge is 0.00954 e. The molecule has 2 fully saturated rings. The van der Waals surface area contributed by atoms with Crippen LogP contribution in [-0.2, 0) is 0 Å². The Kier molecular flexibility index (Phi) is 6.15. The summed E-state index contributed by atoms with van der Waals surface area (Å²) in [5.74, 6) is 2.78. The second kappa shape index (κ2) is 7.64. The minimum atomic E-state index is 0.877. The maximum atomic E-state index is 3.56. The van der Waals surface area contributed by atoms with Gasteiger partial charge in [0.2, 0.25) is 0 Å². The lowest BCUT2D eigenvalue weighted by Gasteiger charge is -2.39. The molecule has 0 spiro atoms. The van der Waals surface area contributed by atoms with E-state index in [4.69, 9.17) is 0 Å². The van der Waals surface area contributed by atoms with E-state index in [0.717, 1.165) is 23.8 Å². The summed E-state index contributed by atoms with van der Waals surface area (Å²) in [6.07, 6.45) is 8.62. The molecule has 1 unspecified atom stereocenters. The molecule has 1 N–H and O–H groups in total. The Labute approximate surface area is 120 Å². The molecule has 2 aliphatic rings. The van der Waals surface area contributed by atoms with Gasteiger partial charge in [-0.1, -0.05) is 20.8 Å². The fourth-order valence-electron chi connectivity index (χ4n) is 4.08. The predicted octanol–water partition coefficient (Wildman–Crippen LogP) is 3.52. The lowest BCUT2D eigenvalue weighted by molar-refractivity contribution is 0.106. The van der Waals surface area contributed by atoms with Gasteiger partial charge in [0.05, 0.1) is 0 Å². The Morgan fingerprint density at radius 2 is 1.84 bits per heavy atom. The molecule has 1 heterocycles. The molecule has 0 aromatic heterocycles. The van der Waals surface area contributed by atoms with Gasteiger partial charge >= 0.3 is 0 Å². The van der Waals surface area contributed by atoms with Crippen molar-refractivity contribution in [2.24, 2.45) is 17.8 Å². The average molecular weight is 266 g/mol. The quantitative estimate of drug-likeness (QED) is 0.819. The molecule has 2 nitrogen and oxygen atoms in total. The third-order valence-corrected chi connectivity index (χ3v) is 5.50. The Hall–Kier alpha value is -0.0800. The van der Waals surface area contributed by atoms with Crippen molar-refractivity contribution in [1.29, 1.82) is 0 Å². The third kappa shape index (κ3) is 4.46. The zero-order valence-corrected chi connectivity index (χ0v) is 13.3. The molecule has 0 aromatic rings. The van der Waals surface area contributed by atoms with Gasteiger partial charge < -0.3 is 10.2 Å². The first kappa shape index (κ1) is 15.3. The highest BCUT2D eigenvalue weighted by atomic mass is 15.2. The molecule has 2 rings (SSSR count). The van der Waals surface area contributed by atoms with Gasteiger partial charge in [0.15, 0.2) is 0 Å². The lowest BCUT2D eigenvalue weighted by atomic mass is 9.79.